The fourth-order valence-electron chi connectivity index (χ4n) is 5.17. The Hall–Kier alpha value is -1.93. The second-order valence-corrected chi connectivity index (χ2v) is 14.9. The van der Waals surface area contributed by atoms with Gasteiger partial charge in [-0.25, -0.2) is 21.6 Å². The van der Waals surface area contributed by atoms with E-state index in [9.17, 15) is 26.4 Å². The Morgan fingerprint density at radius 3 is 2.33 bits per heavy atom. The number of benzene rings is 2. The normalized spacial score (nSPS) is 24.7. The molecule has 3 aliphatic rings. The number of hydrogen-bond donors (Lipinski definition) is 1. The first-order valence-corrected chi connectivity index (χ1v) is 16.6. The highest BCUT2D eigenvalue weighted by molar-refractivity contribution is 7.89. The Balaban J connectivity index is 1.63. The molecule has 0 spiro atoms. The quantitative estimate of drug-likeness (QED) is 0.490. The minimum atomic E-state index is -4.38. The maximum absolute atomic E-state index is 14.0. The van der Waals surface area contributed by atoms with E-state index in [1.807, 2.05) is 0 Å². The van der Waals surface area contributed by atoms with Crippen molar-refractivity contribution >= 4 is 55.1 Å². The van der Waals surface area contributed by atoms with Crippen LogP contribution in [0.1, 0.15) is 18.4 Å². The van der Waals surface area contributed by atoms with E-state index in [-0.39, 0.29) is 39.9 Å². The van der Waals surface area contributed by atoms with Crippen molar-refractivity contribution in [1.29, 1.82) is 0 Å². The summed E-state index contributed by atoms with van der Waals surface area (Å²) in [5, 5.41) is 0.663. The van der Waals surface area contributed by atoms with Crippen LogP contribution in [0, 0.1) is 11.6 Å². The number of piperazine rings is 1. The van der Waals surface area contributed by atoms with Gasteiger partial charge in [0.2, 0.25) is 36.9 Å². The van der Waals surface area contributed by atoms with Crippen LogP contribution in [-0.4, -0.2) is 86.4 Å². The van der Waals surface area contributed by atoms with E-state index in [1.165, 1.54) is 23.1 Å². The summed E-state index contributed by atoms with van der Waals surface area (Å²) < 4.78 is 55.7. The van der Waals surface area contributed by atoms with Gasteiger partial charge >= 0.3 is 0 Å². The number of carbonyl (C=O) groups excluding carboxylic acids is 2. The average Bonchev–Trinajstić information content (AvgIpc) is 3.66. The van der Waals surface area contributed by atoms with Crippen LogP contribution >= 0.6 is 23.2 Å². The van der Waals surface area contributed by atoms with Gasteiger partial charge in [0.1, 0.15) is 23.1 Å². The number of halogens is 3. The summed E-state index contributed by atoms with van der Waals surface area (Å²) in [5.74, 6) is -0.999. The fraction of sp³-hybridized carbons (Fsp3) is 0.417. The van der Waals surface area contributed by atoms with E-state index >= 15 is 0 Å². The zero-order valence-corrected chi connectivity index (χ0v) is 24.6. The molecule has 39 heavy (non-hydrogen) atoms. The molecule has 0 radical (unpaired) electrons. The first-order valence-electron chi connectivity index (χ1n) is 12.1. The summed E-state index contributed by atoms with van der Waals surface area (Å²) in [4.78, 5) is 30.2. The van der Waals surface area contributed by atoms with Crippen molar-refractivity contribution in [1.82, 2.24) is 18.8 Å². The van der Waals surface area contributed by atoms with Crippen molar-refractivity contribution < 1.29 is 38.0 Å². The lowest BCUT2D eigenvalue weighted by atomic mass is 9.97. The van der Waals surface area contributed by atoms with Crippen molar-refractivity contribution in [3.8, 4) is 0 Å². The highest BCUT2D eigenvalue weighted by Gasteiger charge is 2.56. The van der Waals surface area contributed by atoms with Crippen LogP contribution in [0.4, 0.5) is 0 Å². The van der Waals surface area contributed by atoms with E-state index in [2.05, 4.69) is 4.72 Å². The molecule has 3 fully saturated rings. The molecule has 5 rings (SSSR count). The van der Waals surface area contributed by atoms with E-state index in [0.29, 0.717) is 10.6 Å². The number of amides is 2. The van der Waals surface area contributed by atoms with Crippen LogP contribution < -0.4 is 4.72 Å². The van der Waals surface area contributed by atoms with Crippen LogP contribution in [0.5, 0.6) is 0 Å². The predicted molar refractivity (Wildman–Crippen MR) is 142 cm³/mol. The fourth-order valence-corrected chi connectivity index (χ4v) is 8.43. The monoisotopic (exact) mass is 635 g/mol. The molecule has 2 saturated heterocycles. The van der Waals surface area contributed by atoms with E-state index in [1.54, 1.807) is 29.2 Å². The third kappa shape index (κ3) is 5.79. The van der Waals surface area contributed by atoms with Gasteiger partial charge in [0, 0.05) is 36.2 Å². The third-order valence-electron chi connectivity index (χ3n) is 6.98. The molecule has 1 aliphatic carbocycles. The van der Waals surface area contributed by atoms with Crippen molar-refractivity contribution in [3.05, 3.63) is 63.1 Å². The van der Waals surface area contributed by atoms with E-state index in [4.69, 9.17) is 34.8 Å². The second kappa shape index (κ2) is 10.5. The van der Waals surface area contributed by atoms with Gasteiger partial charge in [-0.3, -0.25) is 9.59 Å². The summed E-state index contributed by atoms with van der Waals surface area (Å²) >= 11 is 17.5. The van der Waals surface area contributed by atoms with Gasteiger partial charge in [0.15, 0.2) is 11.6 Å². The molecule has 1 N–H and O–H groups in total. The molecule has 3 atom stereocenters. The number of rotatable bonds is 7. The lowest BCUT2D eigenvalue weighted by Gasteiger charge is -2.53. The van der Waals surface area contributed by atoms with Crippen LogP contribution in [0.2, 0.25) is 15.1 Å². The zero-order chi connectivity index (χ0) is 28.3. The van der Waals surface area contributed by atoms with E-state index < -0.39 is 50.7 Å². The van der Waals surface area contributed by atoms with Crippen LogP contribution in [-0.2, 0) is 36.1 Å². The summed E-state index contributed by atoms with van der Waals surface area (Å²) in [6, 6.07) is 8.31. The van der Waals surface area contributed by atoms with Crippen LogP contribution in [0.25, 0.3) is 0 Å². The Bertz CT molecular complexity index is 1550. The Kier molecular flexibility index (Phi) is 7.68. The Morgan fingerprint density at radius 2 is 1.72 bits per heavy atom. The lowest BCUT2D eigenvalue weighted by molar-refractivity contribution is -0.289. The predicted octanol–water partition coefficient (Wildman–Crippen LogP) is 1.38. The molecule has 15 heteroatoms. The molecule has 1 saturated carbocycles. The number of nitrogens with zero attached hydrogens (tertiary/aromatic N) is 3. The van der Waals surface area contributed by atoms with Crippen molar-refractivity contribution in [3.63, 3.8) is 0 Å². The second-order valence-electron chi connectivity index (χ2n) is 9.91. The van der Waals surface area contributed by atoms with Crippen molar-refractivity contribution in [2.45, 2.75) is 48.4 Å². The van der Waals surface area contributed by atoms with Crippen LogP contribution in [0.15, 0.2) is 47.4 Å². The highest BCUT2D eigenvalue weighted by atomic mass is 35.5. The summed E-state index contributed by atoms with van der Waals surface area (Å²) in [7, 11) is -8.30. The molecule has 0 bridgehead atoms. The SMILES string of the molecule is CS(=O)(=O)NC1CN(S(=O)(=O)c2ccc(Cl)cc2Cl)C2CN(C3CC3)C(=O)C(Cc3cccc([ClH+])c3)N2C1=O. The van der Waals surface area contributed by atoms with Gasteiger partial charge in [-0.2, -0.15) is 4.31 Å². The molecular formula is C24H26Cl3N4O6S2+. The largest absolute Gasteiger partial charge is 0.334 e. The Morgan fingerprint density at radius 1 is 1.00 bits per heavy atom. The topological polar surface area (TPSA) is 124 Å². The van der Waals surface area contributed by atoms with E-state index in [0.717, 1.165) is 23.4 Å². The number of sulfonamides is 2. The van der Waals surface area contributed by atoms with Gasteiger partial charge in [-0.05, 0) is 36.6 Å². The third-order valence-corrected chi connectivity index (χ3v) is 10.5. The molecule has 3 unspecified atom stereocenters. The average molecular weight is 637 g/mol. The minimum absolute atomic E-state index is 0.0527. The van der Waals surface area contributed by atoms with Crippen molar-refractivity contribution in [2.75, 3.05) is 19.3 Å². The van der Waals surface area contributed by atoms with Gasteiger partial charge in [0.25, 0.3) is 0 Å². The maximum atomic E-state index is 14.0. The van der Waals surface area contributed by atoms with Gasteiger partial charge in [-0.1, -0.05) is 35.3 Å². The van der Waals surface area contributed by atoms with Crippen molar-refractivity contribution in [2.24, 2.45) is 0 Å². The molecule has 2 aromatic carbocycles. The van der Waals surface area contributed by atoms with Gasteiger partial charge in [0.05, 0.1) is 17.8 Å². The molecule has 10 nitrogen and oxygen atoms in total. The molecular weight excluding hydrogens is 611 g/mol. The number of fused-ring (bicyclic) bond motifs is 1. The molecule has 2 heterocycles. The molecule has 0 aromatic heterocycles. The van der Waals surface area contributed by atoms with Gasteiger partial charge in [-0.15, -0.1) is 0 Å². The first kappa shape index (κ1) is 28.6. The smallest absolute Gasteiger partial charge is 0.246 e. The zero-order valence-electron chi connectivity index (χ0n) is 20.7. The molecule has 2 aromatic rings. The van der Waals surface area contributed by atoms with Gasteiger partial charge < -0.3 is 9.80 Å². The van der Waals surface area contributed by atoms with Crippen LogP contribution in [0.3, 0.4) is 0 Å². The molecule has 2 amide bonds. The number of carbonyl (C=O) groups is 2. The first-order chi connectivity index (χ1) is 18.3. The summed E-state index contributed by atoms with van der Waals surface area (Å²) in [6.45, 7) is -0.529. The number of nitrogens with one attached hydrogen (secondary N) is 1. The molecule has 210 valence electrons. The number of hydrogen-bond acceptors (Lipinski definition) is 6. The standard InChI is InChI=1S/C24H26Cl3N4O6S2/c1-38(34,35)28-19-12-30(39(36,37)21-8-5-16(26)11-18(21)27)22-13-29(17-6-7-17)24(33)20(31(22)23(19)32)10-14-3-2-4-15(25)9-14/h2-5,8-9,11,17,19-20,22,25,28H,6-7,10,12-13H2,1H3/q+1. The summed E-state index contributed by atoms with van der Waals surface area (Å²) in [5.41, 5.74) is 0.693. The molecule has 2 aliphatic heterocycles. The minimum Gasteiger partial charge on any atom is -0.334 e. The summed E-state index contributed by atoms with van der Waals surface area (Å²) in [6.07, 6.45) is 1.42. The highest BCUT2D eigenvalue weighted by Crippen LogP contribution is 2.38. The lowest BCUT2D eigenvalue weighted by Crippen LogP contribution is -2.76. The maximum Gasteiger partial charge on any atom is 0.246 e. The Labute approximate surface area is 241 Å².